The highest BCUT2D eigenvalue weighted by atomic mass is 28.3. The third-order valence-electron chi connectivity index (χ3n) is 7.45. The molecule has 0 saturated heterocycles. The van der Waals surface area contributed by atoms with Crippen LogP contribution in [0.3, 0.4) is 0 Å². The van der Waals surface area contributed by atoms with Crippen molar-refractivity contribution in [2.24, 2.45) is 0 Å². The first-order chi connectivity index (χ1) is 17.1. The van der Waals surface area contributed by atoms with Crippen LogP contribution in [-0.4, -0.2) is 24.2 Å². The molecule has 0 amide bonds. The van der Waals surface area contributed by atoms with E-state index in [0.29, 0.717) is 0 Å². The van der Waals surface area contributed by atoms with Gasteiger partial charge in [0.2, 0.25) is 0 Å². The Bertz CT molecular complexity index is 1300. The summed E-state index contributed by atoms with van der Waals surface area (Å²) in [7, 11) is -4.06. The summed E-state index contributed by atoms with van der Waals surface area (Å²) in [5, 5.41) is 4.52. The average molecular weight is 537 g/mol. The second-order valence-electron chi connectivity index (χ2n) is 13.7. The van der Waals surface area contributed by atoms with Crippen molar-refractivity contribution >= 4 is 39.8 Å². The van der Waals surface area contributed by atoms with Gasteiger partial charge in [0.05, 0.1) is 24.2 Å². The van der Waals surface area contributed by atoms with Gasteiger partial charge in [-0.1, -0.05) is 159 Å². The van der Waals surface area contributed by atoms with Gasteiger partial charge >= 0.3 is 0 Å². The van der Waals surface area contributed by atoms with E-state index in [2.05, 4.69) is 151 Å². The summed E-state index contributed by atoms with van der Waals surface area (Å²) in [5.41, 5.74) is 9.20. The van der Waals surface area contributed by atoms with Crippen molar-refractivity contribution in [1.82, 2.24) is 0 Å². The zero-order chi connectivity index (χ0) is 27.2. The van der Waals surface area contributed by atoms with Gasteiger partial charge in [-0.2, -0.15) is 0 Å². The molecule has 0 aliphatic heterocycles. The lowest BCUT2D eigenvalue weighted by atomic mass is 9.86. The zero-order valence-electron chi connectivity index (χ0n) is 24.6. The van der Waals surface area contributed by atoms with Crippen molar-refractivity contribution in [2.75, 3.05) is 0 Å². The molecule has 0 radical (unpaired) electrons. The first kappa shape index (κ1) is 27.6. The van der Waals surface area contributed by atoms with E-state index in [-0.39, 0.29) is 0 Å². The molecule has 0 aliphatic carbocycles. The van der Waals surface area contributed by atoms with Crippen LogP contribution in [0.4, 0.5) is 0 Å². The third-order valence-corrected chi connectivity index (χ3v) is 13.6. The fraction of sp³-hybridized carbons (Fsp3) is 0.294. The van der Waals surface area contributed by atoms with Crippen molar-refractivity contribution in [2.45, 2.75) is 65.8 Å². The Balaban J connectivity index is 1.96. The molecule has 0 N–H and O–H groups in total. The number of benzene rings is 4. The molecule has 0 atom stereocenters. The summed E-state index contributed by atoms with van der Waals surface area (Å²) in [6.07, 6.45) is 0. The van der Waals surface area contributed by atoms with Crippen LogP contribution < -0.4 is 15.6 Å². The first-order valence-corrected chi connectivity index (χ1v) is 24.1. The smallest absolute Gasteiger partial charge is 0.0656 e. The van der Waals surface area contributed by atoms with E-state index in [1.807, 2.05) is 0 Å². The summed E-state index contributed by atoms with van der Waals surface area (Å²) < 4.78 is 0. The quantitative estimate of drug-likeness (QED) is 0.216. The number of aryl methyl sites for hydroxylation is 1. The molecule has 0 nitrogen and oxygen atoms in total. The number of hydrogen-bond donors (Lipinski definition) is 0. The van der Waals surface area contributed by atoms with Crippen LogP contribution >= 0.6 is 0 Å². The molecular weight excluding hydrogens is 493 g/mol. The normalized spacial score (nSPS) is 12.6. The fourth-order valence-electron chi connectivity index (χ4n) is 4.99. The lowest BCUT2D eigenvalue weighted by molar-refractivity contribution is 1.45. The van der Waals surface area contributed by atoms with Crippen LogP contribution in [0.5, 0.6) is 0 Å². The largest absolute Gasteiger partial charge is 0.0775 e. The molecule has 3 heteroatoms. The fourth-order valence-corrected chi connectivity index (χ4v) is 8.49. The molecule has 0 heterocycles. The molecule has 0 bridgehead atoms. The summed E-state index contributed by atoms with van der Waals surface area (Å²) in [6.45, 7) is 24.0. The van der Waals surface area contributed by atoms with Crippen LogP contribution in [0, 0.1) is 6.92 Å². The highest BCUT2D eigenvalue weighted by Gasteiger charge is 2.21. The molecular formula is C34H44Si3. The zero-order valence-corrected chi connectivity index (χ0v) is 27.6. The van der Waals surface area contributed by atoms with E-state index >= 15 is 0 Å². The lowest BCUT2D eigenvalue weighted by Crippen LogP contribution is -2.37. The van der Waals surface area contributed by atoms with Crippen molar-refractivity contribution in [3.8, 4) is 33.4 Å². The molecule has 4 aromatic rings. The topological polar surface area (TPSA) is 0 Å². The van der Waals surface area contributed by atoms with Crippen LogP contribution in [0.1, 0.15) is 5.56 Å². The van der Waals surface area contributed by atoms with Gasteiger partial charge in [-0.05, 0) is 45.9 Å². The maximum Gasteiger partial charge on any atom is 0.0775 e. The predicted octanol–water partition coefficient (Wildman–Crippen LogP) is 8.63. The molecule has 37 heavy (non-hydrogen) atoms. The van der Waals surface area contributed by atoms with Gasteiger partial charge in [-0.15, -0.1) is 0 Å². The third kappa shape index (κ3) is 6.17. The Morgan fingerprint density at radius 1 is 0.378 bits per heavy atom. The second kappa shape index (κ2) is 10.0. The van der Waals surface area contributed by atoms with E-state index in [9.17, 15) is 0 Å². The lowest BCUT2D eigenvalue weighted by Gasteiger charge is -2.22. The predicted molar refractivity (Wildman–Crippen MR) is 176 cm³/mol. The van der Waals surface area contributed by atoms with Gasteiger partial charge in [0, 0.05) is 0 Å². The minimum atomic E-state index is -1.36. The van der Waals surface area contributed by atoms with Crippen LogP contribution in [-0.2, 0) is 0 Å². The summed E-state index contributed by atoms with van der Waals surface area (Å²) in [4.78, 5) is 0. The van der Waals surface area contributed by atoms with E-state index in [4.69, 9.17) is 0 Å². The highest BCUT2D eigenvalue weighted by molar-refractivity contribution is 6.89. The van der Waals surface area contributed by atoms with Crippen molar-refractivity contribution in [3.63, 3.8) is 0 Å². The van der Waals surface area contributed by atoms with Gasteiger partial charge in [0.25, 0.3) is 0 Å². The number of hydrogen-bond acceptors (Lipinski definition) is 0. The van der Waals surface area contributed by atoms with Gasteiger partial charge in [0.1, 0.15) is 0 Å². The molecule has 0 aliphatic rings. The van der Waals surface area contributed by atoms with Gasteiger partial charge < -0.3 is 0 Å². The van der Waals surface area contributed by atoms with Crippen LogP contribution in [0.2, 0.25) is 58.9 Å². The second-order valence-corrected chi connectivity index (χ2v) is 28.9. The van der Waals surface area contributed by atoms with Crippen molar-refractivity contribution in [1.29, 1.82) is 0 Å². The van der Waals surface area contributed by atoms with E-state index in [0.717, 1.165) is 0 Å². The molecule has 192 valence electrons. The van der Waals surface area contributed by atoms with Gasteiger partial charge in [-0.3, -0.25) is 0 Å². The minimum Gasteiger partial charge on any atom is -0.0656 e. The monoisotopic (exact) mass is 536 g/mol. The summed E-state index contributed by atoms with van der Waals surface area (Å²) >= 11 is 0. The van der Waals surface area contributed by atoms with Crippen LogP contribution in [0.15, 0.2) is 84.9 Å². The maximum atomic E-state index is 2.42. The highest BCUT2D eigenvalue weighted by Crippen LogP contribution is 2.41. The molecule has 0 unspecified atom stereocenters. The standard InChI is InChI=1S/C34H44Si3/c1-25-23-32(26-11-17-29(18-12-26)35(2,3)4)34(28-15-21-31(22-16-28)37(8,9)10)33(24-25)27-13-19-30(20-14-27)36(5,6)7/h11-24H,1-10H3. The number of rotatable bonds is 6. The maximum absolute atomic E-state index is 2.42. The van der Waals surface area contributed by atoms with Crippen LogP contribution in [0.25, 0.3) is 33.4 Å². The van der Waals surface area contributed by atoms with Crippen molar-refractivity contribution in [3.05, 3.63) is 90.5 Å². The minimum absolute atomic E-state index is 1.30. The summed E-state index contributed by atoms with van der Waals surface area (Å²) in [6, 6.07) is 33.1. The summed E-state index contributed by atoms with van der Waals surface area (Å²) in [5.74, 6) is 0. The Hall–Kier alpha value is -2.47. The Morgan fingerprint density at radius 3 is 0.919 bits per heavy atom. The molecule has 4 aromatic carbocycles. The Kier molecular flexibility index (Phi) is 7.46. The van der Waals surface area contributed by atoms with Crippen molar-refractivity contribution < 1.29 is 0 Å². The molecule has 0 saturated carbocycles. The Morgan fingerprint density at radius 2 is 0.649 bits per heavy atom. The van der Waals surface area contributed by atoms with Gasteiger partial charge in [0.15, 0.2) is 0 Å². The first-order valence-electron chi connectivity index (χ1n) is 13.6. The van der Waals surface area contributed by atoms with Gasteiger partial charge in [-0.25, -0.2) is 0 Å². The van der Waals surface area contributed by atoms with E-state index < -0.39 is 24.2 Å². The molecule has 0 spiro atoms. The molecule has 4 rings (SSSR count). The van der Waals surface area contributed by atoms with E-state index in [1.54, 1.807) is 0 Å². The average Bonchev–Trinajstić information content (AvgIpc) is 2.82. The SMILES string of the molecule is Cc1cc(-c2ccc([Si](C)(C)C)cc2)c(-c2ccc([Si](C)(C)C)cc2)c(-c2ccc([Si](C)(C)C)cc2)c1. The molecule has 0 fully saturated rings. The molecule has 0 aromatic heterocycles. The Labute approximate surface area is 228 Å². The van der Waals surface area contributed by atoms with E-state index in [1.165, 1.54) is 54.5 Å².